The minimum atomic E-state index is -0.501. The minimum absolute atomic E-state index is 0.184. The second-order valence-electron chi connectivity index (χ2n) is 6.45. The summed E-state index contributed by atoms with van der Waals surface area (Å²) < 4.78 is 13.0. The first-order valence-corrected chi connectivity index (χ1v) is 8.40. The van der Waals surface area contributed by atoms with Crippen molar-refractivity contribution < 1.29 is 14.0 Å². The van der Waals surface area contributed by atoms with Gasteiger partial charge in [0.25, 0.3) is 5.91 Å². The van der Waals surface area contributed by atoms with E-state index in [-0.39, 0.29) is 17.6 Å². The quantitative estimate of drug-likeness (QED) is 0.926. The molecule has 2 aromatic rings. The molecule has 0 saturated carbocycles. The maximum atomic E-state index is 13.0. The number of nitrogens with zero attached hydrogens (tertiary/aromatic N) is 1. The molecule has 0 spiro atoms. The number of hydrogen-bond acceptors (Lipinski definition) is 2. The Labute approximate surface area is 146 Å². The van der Waals surface area contributed by atoms with E-state index >= 15 is 0 Å². The molecule has 1 aliphatic heterocycles. The SMILES string of the molecule is Cc1ccc(NC(=O)[C@@H]2CCCN2C(=O)c2ccc(F)cc2)cc1C. The second kappa shape index (κ2) is 7.05. The van der Waals surface area contributed by atoms with E-state index in [1.165, 1.54) is 24.3 Å². The van der Waals surface area contributed by atoms with Crippen LogP contribution in [0.25, 0.3) is 0 Å². The van der Waals surface area contributed by atoms with Crippen molar-refractivity contribution in [2.24, 2.45) is 0 Å². The number of carbonyl (C=O) groups is 2. The van der Waals surface area contributed by atoms with Crippen LogP contribution >= 0.6 is 0 Å². The van der Waals surface area contributed by atoms with Crippen molar-refractivity contribution in [3.8, 4) is 0 Å². The van der Waals surface area contributed by atoms with Gasteiger partial charge in [-0.2, -0.15) is 0 Å². The highest BCUT2D eigenvalue weighted by molar-refractivity contribution is 6.01. The average Bonchev–Trinajstić information content (AvgIpc) is 3.08. The first kappa shape index (κ1) is 17.1. The number of benzene rings is 2. The molecule has 3 rings (SSSR count). The van der Waals surface area contributed by atoms with E-state index in [2.05, 4.69) is 5.32 Å². The van der Waals surface area contributed by atoms with Gasteiger partial charge in [-0.15, -0.1) is 0 Å². The van der Waals surface area contributed by atoms with Gasteiger partial charge >= 0.3 is 0 Å². The fourth-order valence-corrected chi connectivity index (χ4v) is 3.09. The highest BCUT2D eigenvalue weighted by atomic mass is 19.1. The molecular formula is C20H21FN2O2. The molecule has 130 valence electrons. The zero-order chi connectivity index (χ0) is 18.0. The van der Waals surface area contributed by atoms with Gasteiger partial charge in [-0.05, 0) is 74.2 Å². The molecule has 4 nitrogen and oxygen atoms in total. The van der Waals surface area contributed by atoms with E-state index in [1.807, 2.05) is 32.0 Å². The monoisotopic (exact) mass is 340 g/mol. The molecule has 2 amide bonds. The van der Waals surface area contributed by atoms with E-state index < -0.39 is 6.04 Å². The first-order chi connectivity index (χ1) is 12.0. The summed E-state index contributed by atoms with van der Waals surface area (Å²) in [5.74, 6) is -0.809. The van der Waals surface area contributed by atoms with Crippen molar-refractivity contribution >= 4 is 17.5 Å². The average molecular weight is 340 g/mol. The van der Waals surface area contributed by atoms with Crippen molar-refractivity contribution in [2.45, 2.75) is 32.7 Å². The predicted octanol–water partition coefficient (Wildman–Crippen LogP) is 3.69. The number of likely N-dealkylation sites (tertiary alicyclic amines) is 1. The van der Waals surface area contributed by atoms with Crippen LogP contribution in [0.5, 0.6) is 0 Å². The minimum Gasteiger partial charge on any atom is -0.327 e. The molecule has 1 N–H and O–H groups in total. The first-order valence-electron chi connectivity index (χ1n) is 8.40. The number of aryl methyl sites for hydroxylation is 2. The summed E-state index contributed by atoms with van der Waals surface area (Å²) in [6, 6.07) is 10.7. The highest BCUT2D eigenvalue weighted by Crippen LogP contribution is 2.22. The fourth-order valence-electron chi connectivity index (χ4n) is 3.09. The lowest BCUT2D eigenvalue weighted by Crippen LogP contribution is -2.43. The van der Waals surface area contributed by atoms with Crippen LogP contribution in [0.4, 0.5) is 10.1 Å². The van der Waals surface area contributed by atoms with Gasteiger partial charge in [0.15, 0.2) is 0 Å². The van der Waals surface area contributed by atoms with Crippen molar-refractivity contribution in [2.75, 3.05) is 11.9 Å². The maximum absolute atomic E-state index is 13.0. The topological polar surface area (TPSA) is 49.4 Å². The van der Waals surface area contributed by atoms with Gasteiger partial charge in [0.1, 0.15) is 11.9 Å². The lowest BCUT2D eigenvalue weighted by molar-refractivity contribution is -0.119. The molecule has 0 unspecified atom stereocenters. The number of rotatable bonds is 3. The van der Waals surface area contributed by atoms with Crippen LogP contribution in [0.1, 0.15) is 34.3 Å². The van der Waals surface area contributed by atoms with Crippen LogP contribution in [-0.4, -0.2) is 29.3 Å². The maximum Gasteiger partial charge on any atom is 0.254 e. The normalized spacial score (nSPS) is 16.8. The lowest BCUT2D eigenvalue weighted by Gasteiger charge is -2.24. The molecule has 1 atom stereocenters. The van der Waals surface area contributed by atoms with Crippen molar-refractivity contribution in [3.63, 3.8) is 0 Å². The summed E-state index contributed by atoms with van der Waals surface area (Å²) in [4.78, 5) is 26.9. The Balaban J connectivity index is 1.74. The molecular weight excluding hydrogens is 319 g/mol. The molecule has 25 heavy (non-hydrogen) atoms. The van der Waals surface area contributed by atoms with E-state index in [0.29, 0.717) is 18.5 Å². The van der Waals surface area contributed by atoms with Gasteiger partial charge in [0.05, 0.1) is 0 Å². The van der Waals surface area contributed by atoms with Crippen molar-refractivity contribution in [3.05, 3.63) is 65.0 Å². The highest BCUT2D eigenvalue weighted by Gasteiger charge is 2.34. The van der Waals surface area contributed by atoms with Gasteiger partial charge in [-0.25, -0.2) is 4.39 Å². The van der Waals surface area contributed by atoms with Crippen LogP contribution in [0.2, 0.25) is 0 Å². The van der Waals surface area contributed by atoms with Crippen LogP contribution in [0.15, 0.2) is 42.5 Å². The van der Waals surface area contributed by atoms with Crippen LogP contribution < -0.4 is 5.32 Å². The number of nitrogens with one attached hydrogen (secondary N) is 1. The molecule has 2 aromatic carbocycles. The molecule has 1 saturated heterocycles. The largest absolute Gasteiger partial charge is 0.327 e. The van der Waals surface area contributed by atoms with Gasteiger partial charge < -0.3 is 10.2 Å². The van der Waals surface area contributed by atoms with E-state index in [1.54, 1.807) is 4.90 Å². The van der Waals surface area contributed by atoms with Crippen molar-refractivity contribution in [1.29, 1.82) is 0 Å². The standard InChI is InChI=1S/C20H21FN2O2/c1-13-5-10-17(12-14(13)2)22-19(24)18-4-3-11-23(18)20(25)15-6-8-16(21)9-7-15/h5-10,12,18H,3-4,11H2,1-2H3,(H,22,24)/t18-/m0/s1. The third-order valence-electron chi connectivity index (χ3n) is 4.68. The predicted molar refractivity (Wildman–Crippen MR) is 95.0 cm³/mol. The van der Waals surface area contributed by atoms with Crippen LogP contribution in [0.3, 0.4) is 0 Å². The Hall–Kier alpha value is -2.69. The Kier molecular flexibility index (Phi) is 4.83. The number of halogens is 1. The lowest BCUT2D eigenvalue weighted by atomic mass is 10.1. The number of anilines is 1. The van der Waals surface area contributed by atoms with E-state index in [4.69, 9.17) is 0 Å². The zero-order valence-electron chi connectivity index (χ0n) is 14.4. The van der Waals surface area contributed by atoms with Gasteiger partial charge in [0, 0.05) is 17.8 Å². The molecule has 0 aromatic heterocycles. The second-order valence-corrected chi connectivity index (χ2v) is 6.45. The molecule has 0 bridgehead atoms. The van der Waals surface area contributed by atoms with Gasteiger partial charge in [-0.1, -0.05) is 6.07 Å². The Morgan fingerprint density at radius 2 is 1.80 bits per heavy atom. The van der Waals surface area contributed by atoms with E-state index in [9.17, 15) is 14.0 Å². The molecule has 1 fully saturated rings. The summed E-state index contributed by atoms with van der Waals surface area (Å²) in [7, 11) is 0. The molecule has 1 aliphatic rings. The molecule has 1 heterocycles. The zero-order valence-corrected chi connectivity index (χ0v) is 14.4. The molecule has 0 aliphatic carbocycles. The Bertz CT molecular complexity index is 802. The van der Waals surface area contributed by atoms with Crippen LogP contribution in [0, 0.1) is 19.7 Å². The van der Waals surface area contributed by atoms with Gasteiger partial charge in [0.2, 0.25) is 5.91 Å². The molecule has 0 radical (unpaired) electrons. The summed E-state index contributed by atoms with van der Waals surface area (Å²) >= 11 is 0. The third kappa shape index (κ3) is 3.71. The smallest absolute Gasteiger partial charge is 0.254 e. The van der Waals surface area contributed by atoms with Crippen molar-refractivity contribution in [1.82, 2.24) is 4.90 Å². The summed E-state index contributed by atoms with van der Waals surface area (Å²) in [5.41, 5.74) is 3.39. The number of hydrogen-bond donors (Lipinski definition) is 1. The number of carbonyl (C=O) groups excluding carboxylic acids is 2. The number of amides is 2. The molecule has 5 heteroatoms. The fraction of sp³-hybridized carbons (Fsp3) is 0.300. The van der Waals surface area contributed by atoms with Gasteiger partial charge in [-0.3, -0.25) is 9.59 Å². The third-order valence-corrected chi connectivity index (χ3v) is 4.68. The van der Waals surface area contributed by atoms with E-state index in [0.717, 1.165) is 23.2 Å². The summed E-state index contributed by atoms with van der Waals surface area (Å²) in [6.07, 6.45) is 1.40. The summed E-state index contributed by atoms with van der Waals surface area (Å²) in [6.45, 7) is 4.53. The Morgan fingerprint density at radius 1 is 1.08 bits per heavy atom. The van der Waals surface area contributed by atoms with Crippen LogP contribution in [-0.2, 0) is 4.79 Å². The summed E-state index contributed by atoms with van der Waals surface area (Å²) in [5, 5.41) is 2.90. The Morgan fingerprint density at radius 3 is 2.48 bits per heavy atom.